The summed E-state index contributed by atoms with van der Waals surface area (Å²) in [6.45, 7) is 1.91. The number of carbonyl (C=O) groups is 1. The molecule has 0 aliphatic heterocycles. The molecule has 0 radical (unpaired) electrons. The summed E-state index contributed by atoms with van der Waals surface area (Å²) in [6.07, 6.45) is 0. The Kier molecular flexibility index (Phi) is 3.41. The number of aliphatic hydroxyl groups excluding tert-OH is 1. The molecule has 0 aliphatic carbocycles. The number of benzene rings is 2. The second-order valence-electron chi connectivity index (χ2n) is 4.93. The van der Waals surface area contributed by atoms with Crippen LogP contribution in [0.15, 0.2) is 42.5 Å². The van der Waals surface area contributed by atoms with Crippen molar-refractivity contribution >= 4 is 22.5 Å². The number of fused-ring (bicyclic) bond motifs is 1. The smallest absolute Gasteiger partial charge is 0.276 e. The standard InChI is InChI=1S/C16H15N3O2/c1-10-5-6-14-13(7-10)15(19-18-14)16(21)17-12-4-2-3-11(8-12)9-20/h2-8,20H,9H2,1H3,(H,17,21)(H,18,19). The van der Waals surface area contributed by atoms with Crippen molar-refractivity contribution in [2.75, 3.05) is 5.32 Å². The number of nitrogens with zero attached hydrogens (tertiary/aromatic N) is 1. The minimum Gasteiger partial charge on any atom is -0.392 e. The predicted octanol–water partition coefficient (Wildman–Crippen LogP) is 2.62. The van der Waals surface area contributed by atoms with E-state index in [1.807, 2.05) is 25.1 Å². The number of nitrogens with one attached hydrogen (secondary N) is 2. The van der Waals surface area contributed by atoms with Crippen LogP contribution in [-0.2, 0) is 6.61 Å². The van der Waals surface area contributed by atoms with Crippen LogP contribution in [0.5, 0.6) is 0 Å². The van der Waals surface area contributed by atoms with E-state index in [0.29, 0.717) is 11.4 Å². The lowest BCUT2D eigenvalue weighted by molar-refractivity contribution is 0.102. The third-order valence-electron chi connectivity index (χ3n) is 3.30. The molecule has 0 spiro atoms. The Morgan fingerprint density at radius 1 is 1.29 bits per heavy atom. The van der Waals surface area contributed by atoms with Crippen LogP contribution in [0.4, 0.5) is 5.69 Å². The number of hydrogen-bond donors (Lipinski definition) is 3. The molecule has 3 aromatic rings. The molecule has 0 bridgehead atoms. The van der Waals surface area contributed by atoms with Gasteiger partial charge in [-0.25, -0.2) is 0 Å². The van der Waals surface area contributed by atoms with Crippen molar-refractivity contribution in [1.29, 1.82) is 0 Å². The highest BCUT2D eigenvalue weighted by atomic mass is 16.3. The van der Waals surface area contributed by atoms with Crippen molar-refractivity contribution in [1.82, 2.24) is 10.2 Å². The molecule has 3 rings (SSSR count). The van der Waals surface area contributed by atoms with Crippen molar-refractivity contribution in [3.8, 4) is 0 Å². The molecule has 2 aromatic carbocycles. The third kappa shape index (κ3) is 2.64. The van der Waals surface area contributed by atoms with Gasteiger partial charge in [-0.1, -0.05) is 23.8 Å². The van der Waals surface area contributed by atoms with E-state index < -0.39 is 0 Å². The van der Waals surface area contributed by atoms with Crippen LogP contribution in [0.2, 0.25) is 0 Å². The van der Waals surface area contributed by atoms with Crippen LogP contribution in [0.3, 0.4) is 0 Å². The minimum atomic E-state index is -0.276. The van der Waals surface area contributed by atoms with Gasteiger partial charge in [0.2, 0.25) is 0 Å². The highest BCUT2D eigenvalue weighted by Crippen LogP contribution is 2.19. The lowest BCUT2D eigenvalue weighted by Gasteiger charge is -2.05. The van der Waals surface area contributed by atoms with E-state index in [0.717, 1.165) is 22.0 Å². The van der Waals surface area contributed by atoms with E-state index in [1.165, 1.54) is 0 Å². The number of anilines is 1. The molecule has 0 saturated heterocycles. The highest BCUT2D eigenvalue weighted by molar-refractivity contribution is 6.11. The summed E-state index contributed by atoms with van der Waals surface area (Å²) in [5.41, 5.74) is 3.64. The second-order valence-corrected chi connectivity index (χ2v) is 4.93. The van der Waals surface area contributed by atoms with Crippen LogP contribution in [0.25, 0.3) is 10.9 Å². The van der Waals surface area contributed by atoms with E-state index in [-0.39, 0.29) is 12.5 Å². The number of aromatic nitrogens is 2. The minimum absolute atomic E-state index is 0.0613. The van der Waals surface area contributed by atoms with Gasteiger partial charge in [-0.05, 0) is 36.8 Å². The Labute approximate surface area is 121 Å². The van der Waals surface area contributed by atoms with Gasteiger partial charge < -0.3 is 10.4 Å². The van der Waals surface area contributed by atoms with Crippen LogP contribution < -0.4 is 5.32 Å². The molecule has 1 aromatic heterocycles. The molecule has 1 amide bonds. The number of carbonyl (C=O) groups excluding carboxylic acids is 1. The van der Waals surface area contributed by atoms with Crippen LogP contribution in [0.1, 0.15) is 21.6 Å². The molecular weight excluding hydrogens is 266 g/mol. The summed E-state index contributed by atoms with van der Waals surface area (Å²) in [7, 11) is 0. The zero-order chi connectivity index (χ0) is 14.8. The summed E-state index contributed by atoms with van der Waals surface area (Å²) in [5.74, 6) is -0.276. The first-order valence-corrected chi connectivity index (χ1v) is 6.63. The van der Waals surface area contributed by atoms with Gasteiger partial charge in [-0.2, -0.15) is 5.10 Å². The number of aryl methyl sites for hydroxylation is 1. The van der Waals surface area contributed by atoms with Gasteiger partial charge >= 0.3 is 0 Å². The third-order valence-corrected chi connectivity index (χ3v) is 3.30. The van der Waals surface area contributed by atoms with Crippen LogP contribution in [-0.4, -0.2) is 21.2 Å². The molecule has 0 atom stereocenters. The van der Waals surface area contributed by atoms with Crippen molar-refractivity contribution in [2.45, 2.75) is 13.5 Å². The molecule has 0 unspecified atom stereocenters. The van der Waals surface area contributed by atoms with Gasteiger partial charge in [0, 0.05) is 11.1 Å². The first-order valence-electron chi connectivity index (χ1n) is 6.63. The van der Waals surface area contributed by atoms with Crippen molar-refractivity contribution in [2.24, 2.45) is 0 Å². The van der Waals surface area contributed by atoms with E-state index in [4.69, 9.17) is 5.11 Å². The summed E-state index contributed by atoms with van der Waals surface area (Å²) >= 11 is 0. The van der Waals surface area contributed by atoms with E-state index in [9.17, 15) is 4.79 Å². The first kappa shape index (κ1) is 13.3. The van der Waals surface area contributed by atoms with Crippen LogP contribution in [0, 0.1) is 6.92 Å². The molecule has 21 heavy (non-hydrogen) atoms. The fourth-order valence-corrected chi connectivity index (χ4v) is 2.24. The number of hydrogen-bond acceptors (Lipinski definition) is 3. The Balaban J connectivity index is 1.91. The number of aliphatic hydroxyl groups is 1. The quantitative estimate of drug-likeness (QED) is 0.690. The van der Waals surface area contributed by atoms with Gasteiger partial charge in [0.05, 0.1) is 12.1 Å². The van der Waals surface area contributed by atoms with Gasteiger partial charge in [0.1, 0.15) is 0 Å². The molecule has 0 saturated carbocycles. The van der Waals surface area contributed by atoms with E-state index in [2.05, 4.69) is 15.5 Å². The molecule has 1 heterocycles. The van der Waals surface area contributed by atoms with Gasteiger partial charge in [-0.3, -0.25) is 9.89 Å². The molecule has 0 aliphatic rings. The molecule has 0 fully saturated rings. The molecule has 5 heteroatoms. The average Bonchev–Trinajstić information content (AvgIpc) is 2.90. The fraction of sp³-hybridized carbons (Fsp3) is 0.125. The SMILES string of the molecule is Cc1ccc2[nH]nc(C(=O)Nc3cccc(CO)c3)c2c1. The van der Waals surface area contributed by atoms with Gasteiger partial charge in [0.25, 0.3) is 5.91 Å². The fourth-order valence-electron chi connectivity index (χ4n) is 2.24. The maximum absolute atomic E-state index is 12.3. The second kappa shape index (κ2) is 5.38. The summed E-state index contributed by atoms with van der Waals surface area (Å²) in [5, 5.41) is 19.7. The van der Waals surface area contributed by atoms with Crippen LogP contribution >= 0.6 is 0 Å². The average molecular weight is 281 g/mol. The van der Waals surface area contributed by atoms with Gasteiger partial charge in [-0.15, -0.1) is 0 Å². The van der Waals surface area contributed by atoms with Crippen molar-refractivity contribution < 1.29 is 9.90 Å². The molecule has 106 valence electrons. The number of aromatic amines is 1. The van der Waals surface area contributed by atoms with E-state index >= 15 is 0 Å². The summed E-state index contributed by atoms with van der Waals surface area (Å²) in [4.78, 5) is 12.3. The lowest BCUT2D eigenvalue weighted by atomic mass is 10.1. The predicted molar refractivity (Wildman–Crippen MR) is 81.1 cm³/mol. The Hall–Kier alpha value is -2.66. The lowest BCUT2D eigenvalue weighted by Crippen LogP contribution is -2.13. The maximum Gasteiger partial charge on any atom is 0.276 e. The normalized spacial score (nSPS) is 10.8. The Morgan fingerprint density at radius 3 is 2.95 bits per heavy atom. The number of amides is 1. The summed E-state index contributed by atoms with van der Waals surface area (Å²) < 4.78 is 0. The molecular formula is C16H15N3O2. The molecule has 5 nitrogen and oxygen atoms in total. The number of rotatable bonds is 3. The largest absolute Gasteiger partial charge is 0.392 e. The number of H-pyrrole nitrogens is 1. The van der Waals surface area contributed by atoms with Crippen molar-refractivity contribution in [3.63, 3.8) is 0 Å². The molecule has 3 N–H and O–H groups in total. The monoisotopic (exact) mass is 281 g/mol. The zero-order valence-electron chi connectivity index (χ0n) is 11.6. The van der Waals surface area contributed by atoms with Crippen molar-refractivity contribution in [3.05, 3.63) is 59.3 Å². The topological polar surface area (TPSA) is 78.0 Å². The van der Waals surface area contributed by atoms with E-state index in [1.54, 1.807) is 24.3 Å². The zero-order valence-corrected chi connectivity index (χ0v) is 11.6. The Bertz CT molecular complexity index is 808. The summed E-state index contributed by atoms with van der Waals surface area (Å²) in [6, 6.07) is 12.9. The highest BCUT2D eigenvalue weighted by Gasteiger charge is 2.14. The Morgan fingerprint density at radius 2 is 2.14 bits per heavy atom. The first-order chi connectivity index (χ1) is 10.2. The van der Waals surface area contributed by atoms with Gasteiger partial charge in [0.15, 0.2) is 5.69 Å². The maximum atomic E-state index is 12.3.